The maximum absolute atomic E-state index is 12.5. The molecule has 0 saturated heterocycles. The van der Waals surface area contributed by atoms with E-state index in [0.717, 1.165) is 30.6 Å². The van der Waals surface area contributed by atoms with Gasteiger partial charge in [0, 0.05) is 18.5 Å². The van der Waals surface area contributed by atoms with Crippen molar-refractivity contribution in [3.05, 3.63) is 64.7 Å². The molecule has 0 fully saturated rings. The molecule has 0 unspecified atom stereocenters. The molecule has 0 heterocycles. The zero-order valence-corrected chi connectivity index (χ0v) is 18.1. The van der Waals surface area contributed by atoms with E-state index in [2.05, 4.69) is 5.32 Å². The number of hydrogen-bond acceptors (Lipinski definition) is 5. The number of aryl methyl sites for hydroxylation is 2. The van der Waals surface area contributed by atoms with Crippen LogP contribution in [-0.4, -0.2) is 30.9 Å². The minimum absolute atomic E-state index is 0.0496. The standard InChI is InChI=1S/C25H29NO5/c1-17(25(29)26-16-18-7-11-22(30-2)12-8-18)31-24(28)14-13-23(27)21-10-9-19-5-3-4-6-20(19)15-21/h7-12,15,17H,3-6,13-14,16H2,1-2H3,(H,26,29)/t17-/m0/s1. The maximum Gasteiger partial charge on any atom is 0.307 e. The first kappa shape index (κ1) is 22.5. The van der Waals surface area contributed by atoms with E-state index >= 15 is 0 Å². The summed E-state index contributed by atoms with van der Waals surface area (Å²) < 4.78 is 10.3. The predicted octanol–water partition coefficient (Wildman–Crippen LogP) is 3.79. The Morgan fingerprint density at radius 1 is 0.968 bits per heavy atom. The quantitative estimate of drug-likeness (QED) is 0.490. The van der Waals surface area contributed by atoms with Gasteiger partial charge in [0.05, 0.1) is 13.5 Å². The molecule has 2 aromatic carbocycles. The molecule has 0 aromatic heterocycles. The molecule has 1 amide bonds. The van der Waals surface area contributed by atoms with E-state index < -0.39 is 12.1 Å². The van der Waals surface area contributed by atoms with E-state index in [9.17, 15) is 14.4 Å². The Bertz CT molecular complexity index is 935. The van der Waals surface area contributed by atoms with E-state index in [4.69, 9.17) is 9.47 Å². The summed E-state index contributed by atoms with van der Waals surface area (Å²) in [5.74, 6) is -0.284. The van der Waals surface area contributed by atoms with Crippen LogP contribution in [0.5, 0.6) is 5.75 Å². The Labute approximate surface area is 182 Å². The van der Waals surface area contributed by atoms with Crippen LogP contribution in [0.4, 0.5) is 0 Å². The fraction of sp³-hybridized carbons (Fsp3) is 0.400. The second kappa shape index (κ2) is 10.8. The molecule has 1 aliphatic rings. The molecule has 6 heteroatoms. The fourth-order valence-corrected chi connectivity index (χ4v) is 3.65. The van der Waals surface area contributed by atoms with Crippen molar-refractivity contribution in [3.63, 3.8) is 0 Å². The number of methoxy groups -OCH3 is 1. The van der Waals surface area contributed by atoms with Crippen molar-refractivity contribution in [1.29, 1.82) is 0 Å². The van der Waals surface area contributed by atoms with Crippen LogP contribution in [0, 0.1) is 0 Å². The van der Waals surface area contributed by atoms with E-state index in [1.807, 2.05) is 42.5 Å². The minimum atomic E-state index is -0.926. The lowest BCUT2D eigenvalue weighted by Crippen LogP contribution is -2.35. The van der Waals surface area contributed by atoms with Crippen LogP contribution >= 0.6 is 0 Å². The van der Waals surface area contributed by atoms with Crippen molar-refractivity contribution in [3.8, 4) is 5.75 Å². The van der Waals surface area contributed by atoms with Crippen molar-refractivity contribution < 1.29 is 23.9 Å². The molecule has 0 spiro atoms. The van der Waals surface area contributed by atoms with Gasteiger partial charge < -0.3 is 14.8 Å². The summed E-state index contributed by atoms with van der Waals surface area (Å²) in [6.07, 6.45) is 3.50. The van der Waals surface area contributed by atoms with Crippen LogP contribution in [0.3, 0.4) is 0 Å². The molecule has 1 atom stereocenters. The molecule has 3 rings (SSSR count). The van der Waals surface area contributed by atoms with Gasteiger partial charge in [0.15, 0.2) is 11.9 Å². The number of esters is 1. The highest BCUT2D eigenvalue weighted by molar-refractivity contribution is 5.98. The highest BCUT2D eigenvalue weighted by atomic mass is 16.5. The van der Waals surface area contributed by atoms with Crippen LogP contribution in [0.15, 0.2) is 42.5 Å². The van der Waals surface area contributed by atoms with Gasteiger partial charge in [-0.1, -0.05) is 24.3 Å². The number of ketones is 1. The highest BCUT2D eigenvalue weighted by Gasteiger charge is 2.19. The smallest absolute Gasteiger partial charge is 0.307 e. The van der Waals surface area contributed by atoms with Gasteiger partial charge in [-0.25, -0.2) is 0 Å². The Kier molecular flexibility index (Phi) is 7.82. The average Bonchev–Trinajstić information content (AvgIpc) is 2.80. The van der Waals surface area contributed by atoms with Gasteiger partial charge in [-0.3, -0.25) is 14.4 Å². The fourth-order valence-electron chi connectivity index (χ4n) is 3.65. The normalized spacial score (nSPS) is 13.6. The van der Waals surface area contributed by atoms with Crippen molar-refractivity contribution in [2.45, 2.75) is 58.1 Å². The molecular weight excluding hydrogens is 394 g/mol. The minimum Gasteiger partial charge on any atom is -0.497 e. The average molecular weight is 424 g/mol. The second-order valence-corrected chi connectivity index (χ2v) is 7.81. The molecule has 164 valence electrons. The van der Waals surface area contributed by atoms with E-state index in [0.29, 0.717) is 12.1 Å². The van der Waals surface area contributed by atoms with E-state index in [1.165, 1.54) is 24.5 Å². The van der Waals surface area contributed by atoms with Crippen LogP contribution in [0.25, 0.3) is 0 Å². The molecular formula is C25H29NO5. The summed E-state index contributed by atoms with van der Waals surface area (Å²) >= 11 is 0. The van der Waals surface area contributed by atoms with Gasteiger partial charge in [0.2, 0.25) is 0 Å². The summed E-state index contributed by atoms with van der Waals surface area (Å²) in [5, 5.41) is 2.74. The monoisotopic (exact) mass is 423 g/mol. The number of Topliss-reactive ketones (excluding diaryl/α,β-unsaturated/α-hetero) is 1. The van der Waals surface area contributed by atoms with Crippen LogP contribution in [0.2, 0.25) is 0 Å². The van der Waals surface area contributed by atoms with Gasteiger partial charge in [-0.05, 0) is 67.5 Å². The molecule has 0 radical (unpaired) electrons. The third-order valence-electron chi connectivity index (χ3n) is 5.53. The van der Waals surface area contributed by atoms with E-state index in [-0.39, 0.29) is 24.5 Å². The number of rotatable bonds is 9. The Hall–Kier alpha value is -3.15. The van der Waals surface area contributed by atoms with Crippen molar-refractivity contribution >= 4 is 17.7 Å². The molecule has 0 aliphatic heterocycles. The lowest BCUT2D eigenvalue weighted by atomic mass is 9.89. The van der Waals surface area contributed by atoms with Crippen molar-refractivity contribution in [2.75, 3.05) is 7.11 Å². The highest BCUT2D eigenvalue weighted by Crippen LogP contribution is 2.23. The Morgan fingerprint density at radius 3 is 2.39 bits per heavy atom. The Morgan fingerprint density at radius 2 is 1.68 bits per heavy atom. The zero-order valence-electron chi connectivity index (χ0n) is 18.1. The van der Waals surface area contributed by atoms with Gasteiger partial charge in [-0.15, -0.1) is 0 Å². The van der Waals surface area contributed by atoms with Crippen molar-refractivity contribution in [2.24, 2.45) is 0 Å². The molecule has 0 saturated carbocycles. The second-order valence-electron chi connectivity index (χ2n) is 7.81. The molecule has 6 nitrogen and oxygen atoms in total. The van der Waals surface area contributed by atoms with Crippen molar-refractivity contribution in [1.82, 2.24) is 5.32 Å². The number of amides is 1. The summed E-state index contributed by atoms with van der Waals surface area (Å²) in [7, 11) is 1.59. The van der Waals surface area contributed by atoms with Crippen LogP contribution in [-0.2, 0) is 33.7 Å². The maximum atomic E-state index is 12.5. The lowest BCUT2D eigenvalue weighted by molar-refractivity contribution is -0.154. The van der Waals surface area contributed by atoms with Crippen LogP contribution in [0.1, 0.15) is 59.7 Å². The van der Waals surface area contributed by atoms with Crippen LogP contribution < -0.4 is 10.1 Å². The lowest BCUT2D eigenvalue weighted by Gasteiger charge is -2.16. The molecule has 0 bridgehead atoms. The topological polar surface area (TPSA) is 81.7 Å². The summed E-state index contributed by atoms with van der Waals surface area (Å²) in [4.78, 5) is 36.8. The molecule has 2 aromatic rings. The number of hydrogen-bond donors (Lipinski definition) is 1. The van der Waals surface area contributed by atoms with Gasteiger partial charge in [0.25, 0.3) is 5.91 Å². The third kappa shape index (κ3) is 6.41. The van der Waals surface area contributed by atoms with Gasteiger partial charge >= 0.3 is 5.97 Å². The zero-order chi connectivity index (χ0) is 22.2. The first-order valence-corrected chi connectivity index (χ1v) is 10.7. The molecule has 1 N–H and O–H groups in total. The molecule has 31 heavy (non-hydrogen) atoms. The SMILES string of the molecule is COc1ccc(CNC(=O)[C@H](C)OC(=O)CCC(=O)c2ccc3c(c2)CCCC3)cc1. The summed E-state index contributed by atoms with van der Waals surface area (Å²) in [5.41, 5.74) is 4.10. The first-order chi connectivity index (χ1) is 15.0. The van der Waals surface area contributed by atoms with Gasteiger partial charge in [0.1, 0.15) is 5.75 Å². The van der Waals surface area contributed by atoms with Gasteiger partial charge in [-0.2, -0.15) is 0 Å². The first-order valence-electron chi connectivity index (χ1n) is 10.7. The third-order valence-corrected chi connectivity index (χ3v) is 5.53. The number of benzene rings is 2. The summed E-state index contributed by atoms with van der Waals surface area (Å²) in [6.45, 7) is 1.84. The Balaban J connectivity index is 1.41. The number of fused-ring (bicyclic) bond motifs is 1. The van der Waals surface area contributed by atoms with E-state index in [1.54, 1.807) is 7.11 Å². The molecule has 1 aliphatic carbocycles. The summed E-state index contributed by atoms with van der Waals surface area (Å²) in [6, 6.07) is 13.1. The number of carbonyl (C=O) groups is 3. The largest absolute Gasteiger partial charge is 0.497 e. The number of ether oxygens (including phenoxy) is 2. The predicted molar refractivity (Wildman–Crippen MR) is 117 cm³/mol. The number of nitrogens with one attached hydrogen (secondary N) is 1. The number of carbonyl (C=O) groups excluding carboxylic acids is 3.